The first-order valence-electron chi connectivity index (χ1n) is 8.83. The Kier molecular flexibility index (Phi) is 6.77. The van der Waals surface area contributed by atoms with Crippen LogP contribution in [0.2, 0.25) is 5.02 Å². The van der Waals surface area contributed by atoms with Crippen LogP contribution in [0.25, 0.3) is 5.69 Å². The maximum absolute atomic E-state index is 12.3. The number of nitrogens with zero attached hydrogens (tertiary/aromatic N) is 3. The SMILES string of the molecule is Cc1cc(=O)c(C(=O)OCC(=O)N[C@](C)(C#N)C(C)C)nn1-c1ccc(Cl)cc1. The minimum Gasteiger partial charge on any atom is -0.451 e. The van der Waals surface area contributed by atoms with Gasteiger partial charge in [-0.25, -0.2) is 9.48 Å². The molecule has 1 amide bonds. The molecule has 0 aliphatic rings. The standard InChI is InChI=1S/C20H21ClN4O4/c1-12(2)20(4,11-22)23-17(27)10-29-19(28)18-16(26)9-13(3)25(24-18)15-7-5-14(21)6-8-15/h5-9,12H,10H2,1-4H3,(H,23,27)/t20-/m1/s1. The summed E-state index contributed by atoms with van der Waals surface area (Å²) in [5.41, 5.74) is -1.08. The molecule has 8 nitrogen and oxygen atoms in total. The van der Waals surface area contributed by atoms with Gasteiger partial charge in [-0.05, 0) is 44.0 Å². The van der Waals surface area contributed by atoms with Crippen molar-refractivity contribution in [3.63, 3.8) is 0 Å². The number of aromatic nitrogens is 2. The zero-order chi connectivity index (χ0) is 21.8. The number of carbonyl (C=O) groups excluding carboxylic acids is 2. The highest BCUT2D eigenvalue weighted by atomic mass is 35.5. The number of rotatable bonds is 6. The van der Waals surface area contributed by atoms with Gasteiger partial charge in [0.05, 0.1) is 11.8 Å². The van der Waals surface area contributed by atoms with Gasteiger partial charge in [0.2, 0.25) is 11.1 Å². The molecular weight excluding hydrogens is 396 g/mol. The monoisotopic (exact) mass is 416 g/mol. The Labute approximate surface area is 173 Å². The number of esters is 1. The van der Waals surface area contributed by atoms with E-state index in [-0.39, 0.29) is 5.92 Å². The van der Waals surface area contributed by atoms with Crippen LogP contribution in [0.5, 0.6) is 0 Å². The Morgan fingerprint density at radius 1 is 1.34 bits per heavy atom. The summed E-state index contributed by atoms with van der Waals surface area (Å²) in [5.74, 6) is -1.84. The first kappa shape index (κ1) is 22.1. The van der Waals surface area contributed by atoms with Crippen LogP contribution in [-0.4, -0.2) is 33.8 Å². The molecule has 1 heterocycles. The number of nitriles is 1. The fourth-order valence-corrected chi connectivity index (χ4v) is 2.48. The lowest BCUT2D eigenvalue weighted by atomic mass is 9.90. The van der Waals surface area contributed by atoms with Crippen LogP contribution in [0.15, 0.2) is 35.1 Å². The number of carbonyl (C=O) groups is 2. The first-order valence-corrected chi connectivity index (χ1v) is 9.21. The summed E-state index contributed by atoms with van der Waals surface area (Å²) >= 11 is 5.88. The van der Waals surface area contributed by atoms with Crippen LogP contribution in [0.4, 0.5) is 0 Å². The molecule has 0 unspecified atom stereocenters. The number of ether oxygens (including phenoxy) is 1. The molecule has 0 saturated carbocycles. The average Bonchev–Trinajstić information content (AvgIpc) is 2.67. The molecule has 0 spiro atoms. The lowest BCUT2D eigenvalue weighted by Gasteiger charge is -2.27. The third-order valence-electron chi connectivity index (χ3n) is 4.49. The zero-order valence-corrected chi connectivity index (χ0v) is 17.3. The molecule has 1 aromatic carbocycles. The van der Waals surface area contributed by atoms with Crippen LogP contribution in [0.3, 0.4) is 0 Å². The number of amides is 1. The van der Waals surface area contributed by atoms with Crippen molar-refractivity contribution >= 4 is 23.5 Å². The summed E-state index contributed by atoms with van der Waals surface area (Å²) in [6.45, 7) is 6.17. The second kappa shape index (κ2) is 8.88. The van der Waals surface area contributed by atoms with E-state index in [0.717, 1.165) is 0 Å². The number of benzene rings is 1. The van der Waals surface area contributed by atoms with E-state index in [0.29, 0.717) is 16.4 Å². The topological polar surface area (TPSA) is 114 Å². The van der Waals surface area contributed by atoms with E-state index in [1.54, 1.807) is 52.0 Å². The van der Waals surface area contributed by atoms with Crippen molar-refractivity contribution in [2.75, 3.05) is 6.61 Å². The molecule has 29 heavy (non-hydrogen) atoms. The number of hydrogen-bond acceptors (Lipinski definition) is 6. The summed E-state index contributed by atoms with van der Waals surface area (Å²) in [6.07, 6.45) is 0. The third-order valence-corrected chi connectivity index (χ3v) is 4.74. The summed E-state index contributed by atoms with van der Waals surface area (Å²) < 4.78 is 6.34. The lowest BCUT2D eigenvalue weighted by molar-refractivity contribution is -0.125. The number of nitrogens with one attached hydrogen (secondary N) is 1. The minimum atomic E-state index is -1.10. The highest BCUT2D eigenvalue weighted by Crippen LogP contribution is 2.15. The predicted octanol–water partition coefficient (Wildman–Crippen LogP) is 2.41. The highest BCUT2D eigenvalue weighted by Gasteiger charge is 2.30. The Morgan fingerprint density at radius 3 is 2.52 bits per heavy atom. The normalized spacial score (nSPS) is 12.7. The van der Waals surface area contributed by atoms with E-state index in [9.17, 15) is 19.6 Å². The van der Waals surface area contributed by atoms with Crippen molar-refractivity contribution in [1.29, 1.82) is 5.26 Å². The molecular formula is C20H21ClN4O4. The van der Waals surface area contributed by atoms with E-state index >= 15 is 0 Å². The summed E-state index contributed by atoms with van der Waals surface area (Å²) in [4.78, 5) is 36.6. The van der Waals surface area contributed by atoms with Gasteiger partial charge in [-0.3, -0.25) is 9.59 Å². The Balaban J connectivity index is 2.18. The van der Waals surface area contributed by atoms with Crippen molar-refractivity contribution in [3.8, 4) is 11.8 Å². The Hall–Kier alpha value is -3.18. The zero-order valence-electron chi connectivity index (χ0n) is 16.5. The van der Waals surface area contributed by atoms with E-state index in [1.807, 2.05) is 6.07 Å². The van der Waals surface area contributed by atoms with Crippen LogP contribution >= 0.6 is 11.6 Å². The second-order valence-electron chi connectivity index (χ2n) is 6.98. The average molecular weight is 417 g/mol. The van der Waals surface area contributed by atoms with Crippen molar-refractivity contribution in [2.45, 2.75) is 33.2 Å². The molecule has 0 aliphatic carbocycles. The Bertz CT molecular complexity index is 1020. The predicted molar refractivity (Wildman–Crippen MR) is 107 cm³/mol. The van der Waals surface area contributed by atoms with Gasteiger partial charge in [0.1, 0.15) is 5.54 Å². The summed E-state index contributed by atoms with van der Waals surface area (Å²) in [7, 11) is 0. The van der Waals surface area contributed by atoms with Gasteiger partial charge < -0.3 is 10.1 Å². The van der Waals surface area contributed by atoms with Crippen molar-refractivity contribution in [2.24, 2.45) is 5.92 Å². The minimum absolute atomic E-state index is 0.155. The fourth-order valence-electron chi connectivity index (χ4n) is 2.36. The van der Waals surface area contributed by atoms with E-state index in [2.05, 4.69) is 10.4 Å². The van der Waals surface area contributed by atoms with Gasteiger partial charge in [-0.15, -0.1) is 0 Å². The molecule has 152 valence electrons. The number of halogens is 1. The van der Waals surface area contributed by atoms with Gasteiger partial charge in [0.25, 0.3) is 5.91 Å². The van der Waals surface area contributed by atoms with E-state index < -0.39 is 35.1 Å². The largest absolute Gasteiger partial charge is 0.451 e. The van der Waals surface area contributed by atoms with Crippen LogP contribution in [0.1, 0.15) is 37.0 Å². The molecule has 0 saturated heterocycles. The smallest absolute Gasteiger partial charge is 0.363 e. The van der Waals surface area contributed by atoms with Crippen LogP contribution in [-0.2, 0) is 9.53 Å². The van der Waals surface area contributed by atoms with Gasteiger partial charge in [-0.2, -0.15) is 10.4 Å². The lowest BCUT2D eigenvalue weighted by Crippen LogP contribution is -2.50. The van der Waals surface area contributed by atoms with Crippen molar-refractivity contribution < 1.29 is 14.3 Å². The quantitative estimate of drug-likeness (QED) is 0.723. The Morgan fingerprint density at radius 2 is 1.97 bits per heavy atom. The molecule has 0 fully saturated rings. The second-order valence-corrected chi connectivity index (χ2v) is 7.42. The van der Waals surface area contributed by atoms with E-state index in [1.165, 1.54) is 10.7 Å². The maximum atomic E-state index is 12.3. The maximum Gasteiger partial charge on any atom is 0.363 e. The molecule has 0 bridgehead atoms. The molecule has 0 radical (unpaired) electrons. The van der Waals surface area contributed by atoms with Crippen molar-refractivity contribution in [3.05, 3.63) is 57.0 Å². The number of hydrogen-bond donors (Lipinski definition) is 1. The molecule has 2 rings (SSSR count). The molecule has 0 aliphatic heterocycles. The molecule has 9 heteroatoms. The van der Waals surface area contributed by atoms with Crippen LogP contribution < -0.4 is 10.7 Å². The van der Waals surface area contributed by atoms with E-state index in [4.69, 9.17) is 16.3 Å². The molecule has 1 atom stereocenters. The molecule has 1 aromatic heterocycles. The van der Waals surface area contributed by atoms with Crippen LogP contribution in [0, 0.1) is 24.2 Å². The highest BCUT2D eigenvalue weighted by molar-refractivity contribution is 6.30. The third kappa shape index (κ3) is 5.21. The first-order chi connectivity index (χ1) is 13.6. The summed E-state index contributed by atoms with van der Waals surface area (Å²) in [5, 5.41) is 16.4. The number of aryl methyl sites for hydroxylation is 1. The van der Waals surface area contributed by atoms with Gasteiger partial charge in [0.15, 0.2) is 6.61 Å². The molecule has 2 aromatic rings. The van der Waals surface area contributed by atoms with Gasteiger partial charge >= 0.3 is 5.97 Å². The summed E-state index contributed by atoms with van der Waals surface area (Å²) in [6, 6.07) is 9.95. The van der Waals surface area contributed by atoms with Gasteiger partial charge in [0, 0.05) is 16.8 Å². The fraction of sp³-hybridized carbons (Fsp3) is 0.350. The molecule has 1 N–H and O–H groups in total. The van der Waals surface area contributed by atoms with Crippen molar-refractivity contribution in [1.82, 2.24) is 15.1 Å². The van der Waals surface area contributed by atoms with Gasteiger partial charge in [-0.1, -0.05) is 25.4 Å².